The van der Waals surface area contributed by atoms with Gasteiger partial charge in [-0.25, -0.2) is 0 Å². The lowest BCUT2D eigenvalue weighted by Gasteiger charge is -2.16. The quantitative estimate of drug-likeness (QED) is 0.737. The highest BCUT2D eigenvalue weighted by atomic mass is 16.3. The van der Waals surface area contributed by atoms with Crippen molar-refractivity contribution in [1.82, 2.24) is 0 Å². The second kappa shape index (κ2) is 5.48. The first-order valence-electron chi connectivity index (χ1n) is 7.04. The summed E-state index contributed by atoms with van der Waals surface area (Å²) in [4.78, 5) is 0. The molecule has 0 aliphatic carbocycles. The Hall–Kier alpha value is -2.12. The van der Waals surface area contributed by atoms with Crippen molar-refractivity contribution in [2.24, 2.45) is 0 Å². The smallest absolute Gasteiger partial charge is 0.104 e. The van der Waals surface area contributed by atoms with Gasteiger partial charge in [-0.2, -0.15) is 0 Å². The fourth-order valence-electron chi connectivity index (χ4n) is 2.68. The van der Waals surface area contributed by atoms with Crippen molar-refractivity contribution in [3.8, 4) is 0 Å². The molecule has 1 unspecified atom stereocenters. The van der Waals surface area contributed by atoms with E-state index in [0.29, 0.717) is 0 Å². The van der Waals surface area contributed by atoms with Gasteiger partial charge >= 0.3 is 0 Å². The molecule has 1 nitrogen and oxygen atoms in total. The zero-order valence-electron chi connectivity index (χ0n) is 11.6. The molecule has 20 heavy (non-hydrogen) atoms. The molecule has 0 amide bonds. The van der Waals surface area contributed by atoms with Crippen molar-refractivity contribution in [3.05, 3.63) is 83.4 Å². The van der Waals surface area contributed by atoms with Crippen LogP contribution in [0.15, 0.2) is 66.7 Å². The zero-order chi connectivity index (χ0) is 13.9. The van der Waals surface area contributed by atoms with Crippen LogP contribution in [-0.4, -0.2) is 5.11 Å². The normalized spacial score (nSPS) is 12.5. The molecule has 100 valence electrons. The average Bonchev–Trinajstić information content (AvgIpc) is 2.53. The van der Waals surface area contributed by atoms with Crippen molar-refractivity contribution >= 4 is 10.8 Å². The molecule has 0 saturated heterocycles. The molecule has 3 aromatic carbocycles. The second-order valence-corrected chi connectivity index (χ2v) is 5.06. The molecule has 0 spiro atoms. The summed E-state index contributed by atoms with van der Waals surface area (Å²) in [5.41, 5.74) is 3.16. The Labute approximate surface area is 119 Å². The number of fused-ring (bicyclic) bond motifs is 1. The standard InChI is InChI=1S/C19H18O/c1-2-14-7-5-6-10-18(14)19(20)17-12-11-15-8-3-4-9-16(15)13-17/h3-13,19-20H,2H2,1H3. The topological polar surface area (TPSA) is 20.2 Å². The van der Waals surface area contributed by atoms with Gasteiger partial charge in [0.05, 0.1) is 0 Å². The number of aryl methyl sites for hydroxylation is 1. The van der Waals surface area contributed by atoms with Crippen LogP contribution in [0, 0.1) is 0 Å². The van der Waals surface area contributed by atoms with Gasteiger partial charge in [-0.15, -0.1) is 0 Å². The van der Waals surface area contributed by atoms with Crippen LogP contribution >= 0.6 is 0 Å². The second-order valence-electron chi connectivity index (χ2n) is 5.06. The van der Waals surface area contributed by atoms with Gasteiger partial charge in [0.2, 0.25) is 0 Å². The lowest BCUT2D eigenvalue weighted by molar-refractivity contribution is 0.219. The van der Waals surface area contributed by atoms with Crippen LogP contribution < -0.4 is 0 Å². The summed E-state index contributed by atoms with van der Waals surface area (Å²) in [6, 6.07) is 22.5. The monoisotopic (exact) mass is 262 g/mol. The Morgan fingerprint density at radius 2 is 1.55 bits per heavy atom. The third kappa shape index (κ3) is 2.33. The number of rotatable bonds is 3. The van der Waals surface area contributed by atoms with Crippen LogP contribution in [0.3, 0.4) is 0 Å². The van der Waals surface area contributed by atoms with E-state index in [1.54, 1.807) is 0 Å². The fourth-order valence-corrected chi connectivity index (χ4v) is 2.68. The maximum atomic E-state index is 10.7. The Bertz CT molecular complexity index is 730. The highest BCUT2D eigenvalue weighted by molar-refractivity contribution is 5.83. The predicted octanol–water partition coefficient (Wildman–Crippen LogP) is 4.48. The van der Waals surface area contributed by atoms with Gasteiger partial charge in [0.1, 0.15) is 6.10 Å². The maximum absolute atomic E-state index is 10.7. The number of hydrogen-bond donors (Lipinski definition) is 1. The zero-order valence-corrected chi connectivity index (χ0v) is 11.6. The van der Waals surface area contributed by atoms with E-state index >= 15 is 0 Å². The molecule has 0 aliphatic heterocycles. The first kappa shape index (κ1) is 12.9. The summed E-state index contributed by atoms with van der Waals surface area (Å²) in [5, 5.41) is 13.0. The van der Waals surface area contributed by atoms with Gasteiger partial charge in [-0.3, -0.25) is 0 Å². The van der Waals surface area contributed by atoms with E-state index in [1.807, 2.05) is 36.4 Å². The summed E-state index contributed by atoms with van der Waals surface area (Å²) in [5.74, 6) is 0. The van der Waals surface area contributed by atoms with E-state index in [1.165, 1.54) is 10.9 Å². The molecule has 0 aromatic heterocycles. The number of aliphatic hydroxyl groups is 1. The molecule has 0 heterocycles. The van der Waals surface area contributed by atoms with Crippen molar-refractivity contribution < 1.29 is 5.11 Å². The molecule has 0 bridgehead atoms. The largest absolute Gasteiger partial charge is 0.384 e. The number of hydrogen-bond acceptors (Lipinski definition) is 1. The van der Waals surface area contributed by atoms with Crippen molar-refractivity contribution in [2.75, 3.05) is 0 Å². The van der Waals surface area contributed by atoms with E-state index in [4.69, 9.17) is 0 Å². The van der Waals surface area contributed by atoms with Crippen LogP contribution in [0.5, 0.6) is 0 Å². The molecule has 0 fully saturated rings. The third-order valence-corrected chi connectivity index (χ3v) is 3.82. The van der Waals surface area contributed by atoms with E-state index in [0.717, 1.165) is 22.9 Å². The van der Waals surface area contributed by atoms with Crippen molar-refractivity contribution in [3.63, 3.8) is 0 Å². The highest BCUT2D eigenvalue weighted by Gasteiger charge is 2.13. The summed E-state index contributed by atoms with van der Waals surface area (Å²) >= 11 is 0. The summed E-state index contributed by atoms with van der Waals surface area (Å²) < 4.78 is 0. The molecule has 1 atom stereocenters. The minimum atomic E-state index is -0.559. The van der Waals surface area contributed by atoms with Crippen molar-refractivity contribution in [2.45, 2.75) is 19.4 Å². The molecular weight excluding hydrogens is 244 g/mol. The van der Waals surface area contributed by atoms with E-state index in [-0.39, 0.29) is 0 Å². The first-order chi connectivity index (χ1) is 9.79. The third-order valence-electron chi connectivity index (χ3n) is 3.82. The molecule has 3 rings (SSSR count). The van der Waals surface area contributed by atoms with Gasteiger partial charge in [-0.05, 0) is 39.9 Å². The molecular formula is C19H18O. The van der Waals surface area contributed by atoms with Crippen LogP contribution in [-0.2, 0) is 6.42 Å². The summed E-state index contributed by atoms with van der Waals surface area (Å²) in [6.45, 7) is 2.12. The SMILES string of the molecule is CCc1ccccc1C(O)c1ccc2ccccc2c1. The van der Waals surface area contributed by atoms with Gasteiger partial charge < -0.3 is 5.11 Å². The minimum Gasteiger partial charge on any atom is -0.384 e. The van der Waals surface area contributed by atoms with Crippen LogP contribution in [0.1, 0.15) is 29.7 Å². The van der Waals surface area contributed by atoms with Gasteiger partial charge in [0.25, 0.3) is 0 Å². The molecule has 3 aromatic rings. The minimum absolute atomic E-state index is 0.559. The van der Waals surface area contributed by atoms with E-state index < -0.39 is 6.10 Å². The Kier molecular flexibility index (Phi) is 3.53. The van der Waals surface area contributed by atoms with E-state index in [2.05, 4.69) is 37.3 Å². The first-order valence-corrected chi connectivity index (χ1v) is 7.04. The average molecular weight is 262 g/mol. The van der Waals surface area contributed by atoms with E-state index in [9.17, 15) is 5.11 Å². The van der Waals surface area contributed by atoms with Crippen molar-refractivity contribution in [1.29, 1.82) is 0 Å². The van der Waals surface area contributed by atoms with Crippen LogP contribution in [0.25, 0.3) is 10.8 Å². The number of benzene rings is 3. The Morgan fingerprint density at radius 3 is 2.35 bits per heavy atom. The van der Waals surface area contributed by atoms with Crippen LogP contribution in [0.4, 0.5) is 0 Å². The summed E-state index contributed by atoms with van der Waals surface area (Å²) in [7, 11) is 0. The molecule has 0 saturated carbocycles. The number of aliphatic hydroxyl groups excluding tert-OH is 1. The molecule has 1 N–H and O–H groups in total. The van der Waals surface area contributed by atoms with Gasteiger partial charge in [0.15, 0.2) is 0 Å². The lowest BCUT2D eigenvalue weighted by Crippen LogP contribution is -2.03. The lowest BCUT2D eigenvalue weighted by atomic mass is 9.94. The van der Waals surface area contributed by atoms with Gasteiger partial charge in [0, 0.05) is 0 Å². The van der Waals surface area contributed by atoms with Crippen LogP contribution in [0.2, 0.25) is 0 Å². The predicted molar refractivity (Wildman–Crippen MR) is 83.8 cm³/mol. The maximum Gasteiger partial charge on any atom is 0.104 e. The molecule has 1 heteroatoms. The Morgan fingerprint density at radius 1 is 0.850 bits per heavy atom. The Balaban J connectivity index is 2.05. The summed E-state index contributed by atoms with van der Waals surface area (Å²) in [6.07, 6.45) is 0.372. The fraction of sp³-hybridized carbons (Fsp3) is 0.158. The molecule has 0 aliphatic rings. The van der Waals surface area contributed by atoms with Gasteiger partial charge in [-0.1, -0.05) is 67.6 Å². The highest BCUT2D eigenvalue weighted by Crippen LogP contribution is 2.27. The molecule has 0 radical (unpaired) electrons.